The topological polar surface area (TPSA) is 18.5 Å². The average molecular weight is 392 g/mol. The van der Waals surface area contributed by atoms with Crippen molar-refractivity contribution in [3.63, 3.8) is 0 Å². The van der Waals surface area contributed by atoms with Crippen molar-refractivity contribution >= 4 is 11.9 Å². The van der Waals surface area contributed by atoms with Crippen LogP contribution < -0.4 is 5.32 Å². The molecule has 0 aromatic heterocycles. The lowest BCUT2D eigenvalue weighted by atomic mass is 9.80. The van der Waals surface area contributed by atoms with Gasteiger partial charge in [-0.15, -0.1) is 0 Å². The fraction of sp³-hybridized carbons (Fsp3) is 0.826. The van der Waals surface area contributed by atoms with Gasteiger partial charge in [0.05, 0.1) is 0 Å². The van der Waals surface area contributed by atoms with Crippen LogP contribution in [0.1, 0.15) is 59.8 Å². The summed E-state index contributed by atoms with van der Waals surface area (Å²) in [6.07, 6.45) is 9.34. The number of likely N-dealkylation sites (tertiary alicyclic amines) is 1. The highest BCUT2D eigenvalue weighted by Gasteiger charge is 2.30. The molecule has 0 radical (unpaired) electrons. The Bertz CT molecular complexity index is 538. The second-order valence-electron chi connectivity index (χ2n) is 9.35. The molecule has 0 bridgehead atoms. The lowest BCUT2D eigenvalue weighted by Crippen LogP contribution is -2.41. The Labute approximate surface area is 172 Å². The Balaban J connectivity index is 1.68. The molecule has 0 saturated carbocycles. The first-order chi connectivity index (χ1) is 13.0. The Kier molecular flexibility index (Phi) is 7.90. The molecule has 0 spiro atoms. The summed E-state index contributed by atoms with van der Waals surface area (Å²) in [5, 5.41) is 3.44. The van der Waals surface area contributed by atoms with Gasteiger partial charge in [-0.2, -0.15) is 0 Å². The predicted molar refractivity (Wildman–Crippen MR) is 120 cm³/mol. The zero-order chi connectivity index (χ0) is 19.4. The van der Waals surface area contributed by atoms with Crippen molar-refractivity contribution < 1.29 is 0 Å². The van der Waals surface area contributed by atoms with Crippen LogP contribution in [0.25, 0.3) is 0 Å². The molecule has 1 aliphatic carbocycles. The van der Waals surface area contributed by atoms with E-state index in [1.165, 1.54) is 58.3 Å². The number of rotatable bonds is 7. The molecule has 1 atom stereocenters. The van der Waals surface area contributed by atoms with Gasteiger partial charge in [0.15, 0.2) is 0 Å². The molecular weight excluding hydrogens is 350 g/mol. The van der Waals surface area contributed by atoms with Gasteiger partial charge in [0.25, 0.3) is 0 Å². The van der Waals surface area contributed by atoms with Crippen molar-refractivity contribution in [3.8, 4) is 0 Å². The third-order valence-corrected chi connectivity index (χ3v) is 7.96. The Hall–Kier alpha value is -0.290. The van der Waals surface area contributed by atoms with Crippen LogP contribution >= 0.6 is 11.9 Å². The Morgan fingerprint density at radius 2 is 1.74 bits per heavy atom. The summed E-state index contributed by atoms with van der Waals surface area (Å²) in [5.74, 6) is 2.01. The smallest absolute Gasteiger partial charge is 0.0266 e. The number of piperidine rings is 1. The van der Waals surface area contributed by atoms with E-state index in [4.69, 9.17) is 0 Å². The highest BCUT2D eigenvalue weighted by atomic mass is 32.2. The zero-order valence-electron chi connectivity index (χ0n) is 18.3. The van der Waals surface area contributed by atoms with Gasteiger partial charge in [0.1, 0.15) is 0 Å². The van der Waals surface area contributed by atoms with Crippen molar-refractivity contribution in [1.29, 1.82) is 0 Å². The van der Waals surface area contributed by atoms with Gasteiger partial charge in [-0.3, -0.25) is 0 Å². The van der Waals surface area contributed by atoms with Gasteiger partial charge in [-0.25, -0.2) is 4.31 Å². The summed E-state index contributed by atoms with van der Waals surface area (Å²) in [6, 6.07) is 0.840. The number of hydrogen-bond acceptors (Lipinski definition) is 4. The molecule has 0 aromatic rings. The zero-order valence-corrected chi connectivity index (χ0v) is 19.1. The maximum atomic E-state index is 3.44. The summed E-state index contributed by atoms with van der Waals surface area (Å²) in [4.78, 5) is 4.33. The van der Waals surface area contributed by atoms with Gasteiger partial charge in [-0.05, 0) is 93.1 Å². The quantitative estimate of drug-likeness (QED) is 0.620. The second kappa shape index (κ2) is 9.96. The van der Waals surface area contributed by atoms with E-state index in [1.54, 1.807) is 16.1 Å². The maximum Gasteiger partial charge on any atom is 0.0266 e. The summed E-state index contributed by atoms with van der Waals surface area (Å²) < 4.78 is 2.66. The third kappa shape index (κ3) is 5.41. The first-order valence-corrected chi connectivity index (χ1v) is 12.0. The summed E-state index contributed by atoms with van der Waals surface area (Å²) in [6.45, 7) is 15.7. The molecule has 4 heteroatoms. The second-order valence-corrected chi connectivity index (χ2v) is 10.5. The molecule has 1 N–H and O–H groups in total. The standard InChI is InChI=1S/C23H41N3S/c1-17(2)19-14-20(16-24-5)23(22(15-19)18(3)4)27-26-12-8-21(9-13-26)25-10-6-7-11-25/h15,17-19,21,24H,6-14,16H2,1-5H3. The minimum absolute atomic E-state index is 0.600. The molecule has 27 heavy (non-hydrogen) atoms. The first-order valence-electron chi connectivity index (χ1n) is 11.2. The summed E-state index contributed by atoms with van der Waals surface area (Å²) in [5.41, 5.74) is 3.23. The maximum absolute atomic E-state index is 3.44. The van der Waals surface area contributed by atoms with Crippen LogP contribution in [-0.4, -0.2) is 55.0 Å². The molecule has 2 heterocycles. The highest BCUT2D eigenvalue weighted by molar-refractivity contribution is 8.01. The van der Waals surface area contributed by atoms with Gasteiger partial charge >= 0.3 is 0 Å². The van der Waals surface area contributed by atoms with Gasteiger partial charge in [0.2, 0.25) is 0 Å². The minimum Gasteiger partial charge on any atom is -0.316 e. The summed E-state index contributed by atoms with van der Waals surface area (Å²) in [7, 11) is 2.09. The lowest BCUT2D eigenvalue weighted by Gasteiger charge is -2.38. The van der Waals surface area contributed by atoms with E-state index in [2.05, 4.69) is 67.3 Å². The van der Waals surface area contributed by atoms with Crippen molar-refractivity contribution in [2.24, 2.45) is 17.8 Å². The monoisotopic (exact) mass is 391 g/mol. The molecule has 0 aromatic carbocycles. The SMILES string of the molecule is CNCC1=C(SN2CCC(N3CCCC3)CC2)C(C(C)C)=CC(C(C)C)C1. The molecule has 2 saturated heterocycles. The van der Waals surface area contributed by atoms with Crippen LogP contribution in [0.15, 0.2) is 22.1 Å². The number of nitrogens with one attached hydrogen (secondary N) is 1. The van der Waals surface area contributed by atoms with Gasteiger partial charge < -0.3 is 10.2 Å². The van der Waals surface area contributed by atoms with Crippen LogP contribution in [0, 0.1) is 17.8 Å². The average Bonchev–Trinajstić information content (AvgIpc) is 3.18. The molecule has 154 valence electrons. The van der Waals surface area contributed by atoms with E-state index in [0.717, 1.165) is 12.6 Å². The molecule has 0 amide bonds. The van der Waals surface area contributed by atoms with Crippen molar-refractivity contribution in [2.45, 2.75) is 65.8 Å². The molecule has 3 aliphatic rings. The van der Waals surface area contributed by atoms with Crippen LogP contribution in [-0.2, 0) is 0 Å². The van der Waals surface area contributed by atoms with Crippen molar-refractivity contribution in [3.05, 3.63) is 22.1 Å². The van der Waals surface area contributed by atoms with E-state index in [-0.39, 0.29) is 0 Å². The summed E-state index contributed by atoms with van der Waals surface area (Å²) >= 11 is 2.07. The fourth-order valence-electron chi connectivity index (χ4n) is 4.85. The lowest BCUT2D eigenvalue weighted by molar-refractivity contribution is 0.173. The van der Waals surface area contributed by atoms with Crippen LogP contribution in [0.5, 0.6) is 0 Å². The molecule has 1 unspecified atom stereocenters. The Morgan fingerprint density at radius 3 is 2.30 bits per heavy atom. The number of allylic oxidation sites excluding steroid dienone is 2. The van der Waals surface area contributed by atoms with Crippen molar-refractivity contribution in [1.82, 2.24) is 14.5 Å². The van der Waals surface area contributed by atoms with Crippen LogP contribution in [0.3, 0.4) is 0 Å². The number of nitrogens with zero attached hydrogens (tertiary/aromatic N) is 2. The molecule has 2 fully saturated rings. The predicted octanol–water partition coefficient (Wildman–Crippen LogP) is 4.93. The number of likely N-dealkylation sites (N-methyl/N-ethyl adjacent to an activating group) is 1. The molecule has 3 nitrogen and oxygen atoms in total. The first kappa shape index (κ1) is 21.4. The van der Waals surface area contributed by atoms with E-state index >= 15 is 0 Å². The third-order valence-electron chi connectivity index (χ3n) is 6.63. The number of hydrogen-bond donors (Lipinski definition) is 1. The van der Waals surface area contributed by atoms with Crippen LogP contribution in [0.2, 0.25) is 0 Å². The van der Waals surface area contributed by atoms with E-state index in [9.17, 15) is 0 Å². The van der Waals surface area contributed by atoms with E-state index in [1.807, 2.05) is 0 Å². The highest BCUT2D eigenvalue weighted by Crippen LogP contribution is 2.43. The molecular formula is C23H41N3S. The largest absolute Gasteiger partial charge is 0.316 e. The fourth-order valence-corrected chi connectivity index (χ4v) is 6.19. The van der Waals surface area contributed by atoms with E-state index in [0.29, 0.717) is 17.8 Å². The minimum atomic E-state index is 0.600. The van der Waals surface area contributed by atoms with Crippen LogP contribution in [0.4, 0.5) is 0 Å². The molecule has 3 rings (SSSR count). The van der Waals surface area contributed by atoms with Gasteiger partial charge in [0, 0.05) is 30.6 Å². The van der Waals surface area contributed by atoms with Crippen molar-refractivity contribution in [2.75, 3.05) is 39.8 Å². The normalized spacial score (nSPS) is 26.5. The van der Waals surface area contributed by atoms with Gasteiger partial charge in [-0.1, -0.05) is 33.8 Å². The van der Waals surface area contributed by atoms with E-state index < -0.39 is 0 Å². The molecule has 2 aliphatic heterocycles. The Morgan fingerprint density at radius 1 is 1.07 bits per heavy atom.